The SMILES string of the molecule is COc1ccc(COC(=O)C23CC4CC(CC(C4)C2)C3)cc1. The Balaban J connectivity index is 1.41. The molecule has 0 atom stereocenters. The van der Waals surface area contributed by atoms with Crippen molar-refractivity contribution in [3.05, 3.63) is 29.8 Å². The van der Waals surface area contributed by atoms with E-state index in [0.717, 1.165) is 48.3 Å². The Labute approximate surface area is 132 Å². The zero-order chi connectivity index (χ0) is 15.2. The summed E-state index contributed by atoms with van der Waals surface area (Å²) < 4.78 is 10.9. The predicted octanol–water partition coefficient (Wildman–Crippen LogP) is 3.95. The molecule has 4 saturated carbocycles. The summed E-state index contributed by atoms with van der Waals surface area (Å²) in [4.78, 5) is 12.7. The van der Waals surface area contributed by atoms with Crippen molar-refractivity contribution in [1.82, 2.24) is 0 Å². The van der Waals surface area contributed by atoms with Crippen LogP contribution in [0.2, 0.25) is 0 Å². The zero-order valence-corrected chi connectivity index (χ0v) is 13.2. The molecule has 4 fully saturated rings. The molecule has 1 aromatic rings. The molecule has 4 aliphatic rings. The third-order valence-electron chi connectivity index (χ3n) is 6.00. The lowest BCUT2D eigenvalue weighted by atomic mass is 9.49. The van der Waals surface area contributed by atoms with Crippen LogP contribution in [0.15, 0.2) is 24.3 Å². The van der Waals surface area contributed by atoms with Gasteiger partial charge in [-0.15, -0.1) is 0 Å². The van der Waals surface area contributed by atoms with Crippen molar-refractivity contribution in [3.8, 4) is 5.75 Å². The van der Waals surface area contributed by atoms with Crippen LogP contribution in [-0.4, -0.2) is 13.1 Å². The molecule has 0 radical (unpaired) electrons. The lowest BCUT2D eigenvalue weighted by Crippen LogP contribution is -2.50. The van der Waals surface area contributed by atoms with Crippen LogP contribution in [0.4, 0.5) is 0 Å². The Kier molecular flexibility index (Phi) is 3.39. The van der Waals surface area contributed by atoms with E-state index in [1.54, 1.807) is 7.11 Å². The summed E-state index contributed by atoms with van der Waals surface area (Å²) in [6.45, 7) is 0.380. The van der Waals surface area contributed by atoms with Gasteiger partial charge in [-0.3, -0.25) is 4.79 Å². The fourth-order valence-corrected chi connectivity index (χ4v) is 5.38. The summed E-state index contributed by atoms with van der Waals surface area (Å²) in [6, 6.07) is 7.75. The molecule has 0 amide bonds. The molecule has 3 nitrogen and oxygen atoms in total. The molecule has 0 spiro atoms. The number of hydrogen-bond acceptors (Lipinski definition) is 3. The first-order chi connectivity index (χ1) is 10.7. The van der Waals surface area contributed by atoms with Crippen LogP contribution in [0, 0.1) is 23.2 Å². The molecule has 0 unspecified atom stereocenters. The third-order valence-corrected chi connectivity index (χ3v) is 6.00. The minimum Gasteiger partial charge on any atom is -0.497 e. The lowest BCUT2D eigenvalue weighted by molar-refractivity contribution is -0.172. The van der Waals surface area contributed by atoms with Crippen LogP contribution in [0.3, 0.4) is 0 Å². The zero-order valence-electron chi connectivity index (χ0n) is 13.2. The molecule has 3 heteroatoms. The number of rotatable bonds is 4. The Morgan fingerprint density at radius 3 is 2.09 bits per heavy atom. The highest BCUT2D eigenvalue weighted by Crippen LogP contribution is 2.60. The van der Waals surface area contributed by atoms with E-state index < -0.39 is 0 Å². The molecular weight excluding hydrogens is 276 g/mol. The van der Waals surface area contributed by atoms with E-state index in [-0.39, 0.29) is 11.4 Å². The quantitative estimate of drug-likeness (QED) is 0.790. The summed E-state index contributed by atoms with van der Waals surface area (Å²) in [6.07, 6.45) is 7.27. The van der Waals surface area contributed by atoms with Gasteiger partial charge >= 0.3 is 5.97 Å². The molecule has 1 aromatic carbocycles. The highest BCUT2D eigenvalue weighted by atomic mass is 16.5. The number of benzene rings is 1. The normalized spacial score (nSPS) is 35.4. The van der Waals surface area contributed by atoms with Crippen molar-refractivity contribution in [2.75, 3.05) is 7.11 Å². The lowest BCUT2D eigenvalue weighted by Gasteiger charge is -2.55. The smallest absolute Gasteiger partial charge is 0.312 e. The Bertz CT molecular complexity index is 525. The van der Waals surface area contributed by atoms with Crippen LogP contribution < -0.4 is 4.74 Å². The Morgan fingerprint density at radius 2 is 1.59 bits per heavy atom. The van der Waals surface area contributed by atoms with E-state index in [2.05, 4.69) is 0 Å². The maximum Gasteiger partial charge on any atom is 0.312 e. The fourth-order valence-electron chi connectivity index (χ4n) is 5.38. The van der Waals surface area contributed by atoms with Gasteiger partial charge in [0.15, 0.2) is 0 Å². The topological polar surface area (TPSA) is 35.5 Å². The van der Waals surface area contributed by atoms with Gasteiger partial charge in [-0.25, -0.2) is 0 Å². The van der Waals surface area contributed by atoms with E-state index in [0.29, 0.717) is 6.61 Å². The number of hydrogen-bond donors (Lipinski definition) is 0. The highest BCUT2D eigenvalue weighted by molar-refractivity contribution is 5.77. The third kappa shape index (κ3) is 2.41. The molecule has 4 aliphatic carbocycles. The molecule has 0 aromatic heterocycles. The van der Waals surface area contributed by atoms with Crippen LogP contribution >= 0.6 is 0 Å². The van der Waals surface area contributed by atoms with Crippen LogP contribution in [0.5, 0.6) is 5.75 Å². The molecule has 118 valence electrons. The molecular formula is C19H24O3. The molecule has 0 heterocycles. The van der Waals surface area contributed by atoms with Gasteiger partial charge in [0, 0.05) is 0 Å². The molecule has 0 saturated heterocycles. The van der Waals surface area contributed by atoms with Crippen LogP contribution in [0.1, 0.15) is 44.1 Å². The standard InChI is InChI=1S/C19H24O3/c1-21-17-4-2-13(3-5-17)12-22-18(20)19-9-14-6-15(10-19)8-16(7-14)11-19/h2-5,14-16H,6-12H2,1H3. The first kappa shape index (κ1) is 14.1. The van der Waals surface area contributed by atoms with Crippen LogP contribution in [0.25, 0.3) is 0 Å². The van der Waals surface area contributed by atoms with Crippen molar-refractivity contribution in [2.24, 2.45) is 23.2 Å². The average Bonchev–Trinajstić information content (AvgIpc) is 2.51. The maximum atomic E-state index is 12.7. The second kappa shape index (κ2) is 5.29. The Morgan fingerprint density at radius 1 is 1.05 bits per heavy atom. The average molecular weight is 300 g/mol. The van der Waals surface area contributed by atoms with Gasteiger partial charge in [-0.05, 0) is 74.0 Å². The number of methoxy groups -OCH3 is 1. The summed E-state index contributed by atoms with van der Waals surface area (Å²) >= 11 is 0. The van der Waals surface area contributed by atoms with E-state index in [4.69, 9.17) is 9.47 Å². The second-order valence-electron chi connectivity index (χ2n) is 7.62. The highest BCUT2D eigenvalue weighted by Gasteiger charge is 2.55. The van der Waals surface area contributed by atoms with Gasteiger partial charge in [0.1, 0.15) is 12.4 Å². The van der Waals surface area contributed by atoms with Gasteiger partial charge in [-0.1, -0.05) is 12.1 Å². The van der Waals surface area contributed by atoms with Gasteiger partial charge in [0.2, 0.25) is 0 Å². The summed E-state index contributed by atoms with van der Waals surface area (Å²) in [5, 5.41) is 0. The summed E-state index contributed by atoms with van der Waals surface area (Å²) in [5.74, 6) is 3.22. The molecule has 0 N–H and O–H groups in total. The molecule has 5 rings (SSSR count). The second-order valence-corrected chi connectivity index (χ2v) is 7.62. The first-order valence-corrected chi connectivity index (χ1v) is 8.47. The molecule has 22 heavy (non-hydrogen) atoms. The van der Waals surface area contributed by atoms with E-state index >= 15 is 0 Å². The van der Waals surface area contributed by atoms with E-state index in [1.165, 1.54) is 19.3 Å². The van der Waals surface area contributed by atoms with Crippen molar-refractivity contribution in [2.45, 2.75) is 45.1 Å². The molecule has 4 bridgehead atoms. The van der Waals surface area contributed by atoms with Gasteiger partial charge < -0.3 is 9.47 Å². The van der Waals surface area contributed by atoms with E-state index in [1.807, 2.05) is 24.3 Å². The van der Waals surface area contributed by atoms with Gasteiger partial charge in [0.25, 0.3) is 0 Å². The predicted molar refractivity (Wildman–Crippen MR) is 83.4 cm³/mol. The minimum atomic E-state index is -0.152. The molecule has 0 aliphatic heterocycles. The van der Waals surface area contributed by atoms with Crippen molar-refractivity contribution in [3.63, 3.8) is 0 Å². The van der Waals surface area contributed by atoms with Crippen molar-refractivity contribution >= 4 is 5.97 Å². The van der Waals surface area contributed by atoms with E-state index in [9.17, 15) is 4.79 Å². The number of ether oxygens (including phenoxy) is 2. The van der Waals surface area contributed by atoms with Crippen LogP contribution in [-0.2, 0) is 16.1 Å². The largest absolute Gasteiger partial charge is 0.497 e. The minimum absolute atomic E-state index is 0.0578. The first-order valence-electron chi connectivity index (χ1n) is 8.47. The number of esters is 1. The summed E-state index contributed by atoms with van der Waals surface area (Å²) in [7, 11) is 1.65. The van der Waals surface area contributed by atoms with Gasteiger partial charge in [-0.2, -0.15) is 0 Å². The monoisotopic (exact) mass is 300 g/mol. The number of carbonyl (C=O) groups excluding carboxylic acids is 1. The van der Waals surface area contributed by atoms with Gasteiger partial charge in [0.05, 0.1) is 12.5 Å². The summed E-state index contributed by atoms with van der Waals surface area (Å²) in [5.41, 5.74) is 0.875. The van der Waals surface area contributed by atoms with Crippen molar-refractivity contribution in [1.29, 1.82) is 0 Å². The van der Waals surface area contributed by atoms with Crippen molar-refractivity contribution < 1.29 is 14.3 Å². The maximum absolute atomic E-state index is 12.7. The number of carbonyl (C=O) groups is 1. The Hall–Kier alpha value is -1.51. The fraction of sp³-hybridized carbons (Fsp3) is 0.632.